The van der Waals surface area contributed by atoms with Crippen LogP contribution in [0.5, 0.6) is 11.5 Å². The summed E-state index contributed by atoms with van der Waals surface area (Å²) >= 11 is 0. The molecule has 3 rings (SSSR count). The predicted molar refractivity (Wildman–Crippen MR) is 133 cm³/mol. The number of phenols is 1. The van der Waals surface area contributed by atoms with Crippen molar-refractivity contribution >= 4 is 22.2 Å². The van der Waals surface area contributed by atoms with E-state index < -0.39 is 16.2 Å². The van der Waals surface area contributed by atoms with Crippen LogP contribution >= 0.6 is 0 Å². The topological polar surface area (TPSA) is 145 Å². The first kappa shape index (κ1) is 27.8. The first-order valence-corrected chi connectivity index (χ1v) is 12.2. The molecule has 0 aliphatic rings. The molecule has 0 aliphatic heterocycles. The maximum absolute atomic E-state index is 10.5. The molecule has 0 aliphatic carbocycles. The third-order valence-electron chi connectivity index (χ3n) is 5.02. The van der Waals surface area contributed by atoms with Crippen molar-refractivity contribution in [1.29, 1.82) is 0 Å². The molecule has 5 N–H and O–H groups in total. The molecule has 35 heavy (non-hydrogen) atoms. The van der Waals surface area contributed by atoms with E-state index in [-0.39, 0.29) is 22.4 Å². The molecule has 0 saturated heterocycles. The number of hydrogen-bond acceptors (Lipinski definition) is 7. The number of rotatable bonds is 10. The van der Waals surface area contributed by atoms with Gasteiger partial charge in [-0.25, -0.2) is 0 Å². The van der Waals surface area contributed by atoms with Gasteiger partial charge >= 0.3 is 0 Å². The number of ether oxygens (including phenoxy) is 1. The Bertz CT molecular complexity index is 1170. The lowest BCUT2D eigenvalue weighted by molar-refractivity contribution is -0.105. The number of amides is 1. The van der Waals surface area contributed by atoms with E-state index in [1.54, 1.807) is 37.4 Å². The number of methoxy groups -OCH3 is 1. The van der Waals surface area contributed by atoms with E-state index in [4.69, 9.17) is 9.29 Å². The Morgan fingerprint density at radius 1 is 1.03 bits per heavy atom. The lowest BCUT2D eigenvalue weighted by Crippen LogP contribution is -2.32. The van der Waals surface area contributed by atoms with Crippen molar-refractivity contribution in [1.82, 2.24) is 5.32 Å². The summed E-state index contributed by atoms with van der Waals surface area (Å²) in [5, 5.41) is 25.6. The van der Waals surface area contributed by atoms with Gasteiger partial charge < -0.3 is 25.6 Å². The molecule has 10 heteroatoms. The molecule has 0 spiro atoms. The molecule has 0 unspecified atom stereocenters. The van der Waals surface area contributed by atoms with Gasteiger partial charge in [0.05, 0.1) is 23.8 Å². The van der Waals surface area contributed by atoms with Gasteiger partial charge in [-0.1, -0.05) is 36.4 Å². The van der Waals surface area contributed by atoms with E-state index in [0.29, 0.717) is 18.5 Å². The Morgan fingerprint density at radius 3 is 2.23 bits per heavy atom. The van der Waals surface area contributed by atoms with Gasteiger partial charge in [0.1, 0.15) is 11.5 Å². The normalized spacial score (nSPS) is 12.6. The van der Waals surface area contributed by atoms with E-state index in [1.807, 2.05) is 31.2 Å². The highest BCUT2D eigenvalue weighted by atomic mass is 32.2. The number of carbonyl (C=O) groups excluding carboxylic acids is 1. The van der Waals surface area contributed by atoms with E-state index in [2.05, 4.69) is 10.6 Å². The van der Waals surface area contributed by atoms with Gasteiger partial charge in [0.15, 0.2) is 0 Å². The van der Waals surface area contributed by atoms with E-state index >= 15 is 0 Å². The number of nitrogens with one attached hydrogen (secondary N) is 2. The lowest BCUT2D eigenvalue weighted by Gasteiger charge is -2.18. The number of anilines is 1. The summed E-state index contributed by atoms with van der Waals surface area (Å²) in [5.74, 6) is 0.788. The molecular formula is C25H30N2O7S. The third kappa shape index (κ3) is 9.38. The Hall–Kier alpha value is -3.44. The molecule has 9 nitrogen and oxygen atoms in total. The molecule has 0 aromatic heterocycles. The standard InChI is InChI=1S/C19H24N2O4.C6H6O3S/c1-13(9-14-3-6-16(25-2)7-4-14)20-11-19(24)15-5-8-18(23)17(10-15)21-12-22;7-10(8,9)6-4-2-1-3-5-6/h3-8,10,12-13,19-20,23-24H,9,11H2,1-2H3,(H,21,22);1-5H,(H,7,8,9)/t13-,19+;/m1./s1. The summed E-state index contributed by atoms with van der Waals surface area (Å²) in [6.07, 6.45) is 0.566. The van der Waals surface area contributed by atoms with Gasteiger partial charge in [-0.3, -0.25) is 9.35 Å². The fraction of sp³-hybridized carbons (Fsp3) is 0.240. The van der Waals surface area contributed by atoms with Gasteiger partial charge in [0, 0.05) is 12.6 Å². The van der Waals surface area contributed by atoms with Crippen LogP contribution in [0, 0.1) is 0 Å². The van der Waals surface area contributed by atoms with Gasteiger partial charge in [-0.05, 0) is 60.9 Å². The largest absolute Gasteiger partial charge is 0.506 e. The summed E-state index contributed by atoms with van der Waals surface area (Å²) in [6, 6.07) is 20.1. The number of aromatic hydroxyl groups is 1. The van der Waals surface area contributed by atoms with Crippen molar-refractivity contribution in [3.8, 4) is 11.5 Å². The van der Waals surface area contributed by atoms with E-state index in [0.717, 1.165) is 12.2 Å². The van der Waals surface area contributed by atoms with Crippen LogP contribution in [0.4, 0.5) is 5.69 Å². The molecule has 0 heterocycles. The van der Waals surface area contributed by atoms with Crippen LogP contribution in [-0.2, 0) is 21.3 Å². The summed E-state index contributed by atoms with van der Waals surface area (Å²) in [4.78, 5) is 10.5. The third-order valence-corrected chi connectivity index (χ3v) is 5.89. The zero-order valence-electron chi connectivity index (χ0n) is 19.5. The molecule has 1 amide bonds. The van der Waals surface area contributed by atoms with Crippen molar-refractivity contribution in [2.75, 3.05) is 19.0 Å². The number of hydrogen-bond donors (Lipinski definition) is 5. The Kier molecular flexibility index (Phi) is 10.7. The Morgan fingerprint density at radius 2 is 1.69 bits per heavy atom. The van der Waals surface area contributed by atoms with Crippen molar-refractivity contribution in [2.24, 2.45) is 0 Å². The number of aliphatic hydroxyl groups is 1. The number of carbonyl (C=O) groups is 1. The van der Waals surface area contributed by atoms with Crippen LogP contribution in [0.15, 0.2) is 77.7 Å². The summed E-state index contributed by atoms with van der Waals surface area (Å²) in [7, 11) is -2.36. The quantitative estimate of drug-likeness (QED) is 0.161. The second kappa shape index (κ2) is 13.4. The average Bonchev–Trinajstić information content (AvgIpc) is 2.85. The molecule has 2 atom stereocenters. The number of aliphatic hydroxyl groups excluding tert-OH is 1. The second-order valence-corrected chi connectivity index (χ2v) is 9.13. The van der Waals surface area contributed by atoms with Gasteiger partial charge in [0.25, 0.3) is 10.1 Å². The predicted octanol–water partition coefficient (Wildman–Crippen LogP) is 3.16. The van der Waals surface area contributed by atoms with Crippen LogP contribution in [0.25, 0.3) is 0 Å². The van der Waals surface area contributed by atoms with Crippen LogP contribution < -0.4 is 15.4 Å². The lowest BCUT2D eigenvalue weighted by atomic mass is 10.1. The van der Waals surface area contributed by atoms with Crippen molar-refractivity contribution in [3.05, 3.63) is 83.9 Å². The maximum Gasteiger partial charge on any atom is 0.294 e. The zero-order chi connectivity index (χ0) is 25.8. The molecule has 3 aromatic carbocycles. The van der Waals surface area contributed by atoms with Crippen LogP contribution in [0.2, 0.25) is 0 Å². The summed E-state index contributed by atoms with van der Waals surface area (Å²) < 4.78 is 34.4. The van der Waals surface area contributed by atoms with E-state index in [9.17, 15) is 23.4 Å². The minimum absolute atomic E-state index is 0.0381. The summed E-state index contributed by atoms with van der Waals surface area (Å²) in [6.45, 7) is 2.41. The fourth-order valence-corrected chi connectivity index (χ4v) is 3.65. The van der Waals surface area contributed by atoms with Crippen LogP contribution in [0.3, 0.4) is 0 Å². The van der Waals surface area contributed by atoms with Gasteiger partial charge in [0.2, 0.25) is 6.41 Å². The van der Waals surface area contributed by atoms with Crippen molar-refractivity contribution in [2.45, 2.75) is 30.4 Å². The zero-order valence-corrected chi connectivity index (χ0v) is 20.3. The SMILES string of the molecule is COc1ccc(C[C@@H](C)NC[C@H](O)c2ccc(O)c(NC=O)c2)cc1.O=S(=O)(O)c1ccccc1. The first-order chi connectivity index (χ1) is 16.6. The highest BCUT2D eigenvalue weighted by Crippen LogP contribution is 2.26. The molecule has 3 aromatic rings. The Labute approximate surface area is 205 Å². The minimum atomic E-state index is -4.00. The molecular weight excluding hydrogens is 472 g/mol. The van der Waals surface area contributed by atoms with Crippen molar-refractivity contribution < 1.29 is 32.7 Å². The van der Waals surface area contributed by atoms with Gasteiger partial charge in [-0.15, -0.1) is 0 Å². The fourth-order valence-electron chi connectivity index (χ4n) is 3.15. The molecule has 188 valence electrons. The number of benzene rings is 3. The number of phenolic OH excluding ortho intramolecular Hbond substituents is 1. The van der Waals surface area contributed by atoms with E-state index in [1.165, 1.54) is 23.8 Å². The highest BCUT2D eigenvalue weighted by Gasteiger charge is 2.12. The van der Waals surface area contributed by atoms with Crippen LogP contribution in [0.1, 0.15) is 24.2 Å². The monoisotopic (exact) mass is 502 g/mol. The average molecular weight is 503 g/mol. The smallest absolute Gasteiger partial charge is 0.294 e. The summed E-state index contributed by atoms with van der Waals surface area (Å²) in [5.41, 5.74) is 2.07. The van der Waals surface area contributed by atoms with Gasteiger partial charge in [-0.2, -0.15) is 8.42 Å². The molecule has 0 bridgehead atoms. The van der Waals surface area contributed by atoms with Crippen molar-refractivity contribution in [3.63, 3.8) is 0 Å². The second-order valence-electron chi connectivity index (χ2n) is 7.70. The van der Waals surface area contributed by atoms with Crippen LogP contribution in [-0.4, -0.2) is 49.3 Å². The first-order valence-electron chi connectivity index (χ1n) is 10.7. The molecule has 0 radical (unpaired) electrons. The Balaban J connectivity index is 0.000000360. The molecule has 0 fully saturated rings. The molecule has 0 saturated carbocycles. The maximum atomic E-state index is 10.5. The minimum Gasteiger partial charge on any atom is -0.506 e. The highest BCUT2D eigenvalue weighted by molar-refractivity contribution is 7.85.